The van der Waals surface area contributed by atoms with E-state index in [0.717, 1.165) is 16.7 Å². The maximum atomic E-state index is 12.6. The average Bonchev–Trinajstić information content (AvgIpc) is 2.39. The molecule has 0 saturated carbocycles. The number of nitrogens with zero attached hydrogens (tertiary/aromatic N) is 1. The number of benzene rings is 1. The van der Waals surface area contributed by atoms with Crippen LogP contribution in [0.25, 0.3) is 0 Å². The number of sulfonamides is 1. The Hall–Kier alpha value is -1.39. The molecule has 20 heavy (non-hydrogen) atoms. The van der Waals surface area contributed by atoms with E-state index < -0.39 is 10.0 Å². The maximum Gasteiger partial charge on any atom is 0.243 e. The van der Waals surface area contributed by atoms with Crippen LogP contribution in [0.15, 0.2) is 53.5 Å². The molecule has 1 unspecified atom stereocenters. The van der Waals surface area contributed by atoms with Gasteiger partial charge in [-0.25, -0.2) is 8.42 Å². The number of piperidine rings is 1. The SMILES string of the molecule is C=C(C)C1CN(S(=O)(=O)c2ccc(C)cc2)CCC1=C. The smallest absolute Gasteiger partial charge is 0.207 e. The molecule has 108 valence electrons. The van der Waals surface area contributed by atoms with Gasteiger partial charge in [0.2, 0.25) is 10.0 Å². The summed E-state index contributed by atoms with van der Waals surface area (Å²) in [5, 5.41) is 0. The van der Waals surface area contributed by atoms with E-state index in [9.17, 15) is 8.42 Å². The molecule has 0 radical (unpaired) electrons. The van der Waals surface area contributed by atoms with E-state index in [1.807, 2.05) is 26.0 Å². The lowest BCUT2D eigenvalue weighted by atomic mass is 9.89. The van der Waals surface area contributed by atoms with Crippen LogP contribution in [0.4, 0.5) is 0 Å². The maximum absolute atomic E-state index is 12.6. The zero-order valence-corrected chi connectivity index (χ0v) is 12.9. The summed E-state index contributed by atoms with van der Waals surface area (Å²) in [6.45, 7) is 12.8. The topological polar surface area (TPSA) is 37.4 Å². The van der Waals surface area contributed by atoms with Gasteiger partial charge in [-0.15, -0.1) is 0 Å². The number of aryl methyl sites for hydroxylation is 1. The van der Waals surface area contributed by atoms with Crippen molar-refractivity contribution in [1.29, 1.82) is 0 Å². The highest BCUT2D eigenvalue weighted by molar-refractivity contribution is 7.89. The second-order valence-electron chi connectivity index (χ2n) is 5.48. The Labute approximate surface area is 121 Å². The molecule has 0 aromatic heterocycles. The number of hydrogen-bond acceptors (Lipinski definition) is 2. The number of rotatable bonds is 3. The highest BCUT2D eigenvalue weighted by Crippen LogP contribution is 2.30. The number of hydrogen-bond donors (Lipinski definition) is 0. The molecule has 2 rings (SSSR count). The lowest BCUT2D eigenvalue weighted by Gasteiger charge is -2.34. The van der Waals surface area contributed by atoms with Crippen molar-refractivity contribution in [2.75, 3.05) is 13.1 Å². The van der Waals surface area contributed by atoms with Crippen molar-refractivity contribution in [2.24, 2.45) is 5.92 Å². The van der Waals surface area contributed by atoms with E-state index in [0.29, 0.717) is 24.4 Å². The van der Waals surface area contributed by atoms with Crippen LogP contribution in [0, 0.1) is 12.8 Å². The quantitative estimate of drug-likeness (QED) is 0.802. The first-order chi connectivity index (χ1) is 9.32. The zero-order valence-electron chi connectivity index (χ0n) is 12.1. The minimum absolute atomic E-state index is 0.0592. The third kappa shape index (κ3) is 2.86. The van der Waals surface area contributed by atoms with Gasteiger partial charge in [0.05, 0.1) is 4.90 Å². The van der Waals surface area contributed by atoms with Crippen molar-refractivity contribution >= 4 is 10.0 Å². The molecule has 0 bridgehead atoms. The van der Waals surface area contributed by atoms with Crippen LogP contribution >= 0.6 is 0 Å². The van der Waals surface area contributed by atoms with Gasteiger partial charge in [-0.1, -0.05) is 42.0 Å². The van der Waals surface area contributed by atoms with Crippen LogP contribution < -0.4 is 0 Å². The molecule has 0 aliphatic carbocycles. The summed E-state index contributed by atoms with van der Waals surface area (Å²) in [6, 6.07) is 6.99. The van der Waals surface area contributed by atoms with Gasteiger partial charge >= 0.3 is 0 Å². The fourth-order valence-corrected chi connectivity index (χ4v) is 3.90. The third-order valence-electron chi connectivity index (χ3n) is 3.81. The molecule has 1 aromatic carbocycles. The lowest BCUT2D eigenvalue weighted by Crippen LogP contribution is -2.41. The summed E-state index contributed by atoms with van der Waals surface area (Å²) in [4.78, 5) is 0.357. The molecule has 1 aliphatic rings. The first-order valence-corrected chi connectivity index (χ1v) is 8.16. The molecular weight excluding hydrogens is 270 g/mol. The van der Waals surface area contributed by atoms with E-state index in [2.05, 4.69) is 13.2 Å². The van der Waals surface area contributed by atoms with Gasteiger partial charge in [-0.2, -0.15) is 4.31 Å². The van der Waals surface area contributed by atoms with Crippen molar-refractivity contribution in [3.05, 3.63) is 54.1 Å². The monoisotopic (exact) mass is 291 g/mol. The van der Waals surface area contributed by atoms with Gasteiger partial charge in [0.1, 0.15) is 0 Å². The Bertz CT molecular complexity index is 629. The molecule has 1 fully saturated rings. The largest absolute Gasteiger partial charge is 0.243 e. The van der Waals surface area contributed by atoms with Crippen LogP contribution in [0.1, 0.15) is 18.9 Å². The molecule has 1 aliphatic heterocycles. The normalized spacial score (nSPS) is 20.9. The Kier molecular flexibility index (Phi) is 4.16. The highest BCUT2D eigenvalue weighted by atomic mass is 32.2. The minimum atomic E-state index is -3.42. The molecule has 1 aromatic rings. The molecule has 0 amide bonds. The first-order valence-electron chi connectivity index (χ1n) is 6.72. The summed E-state index contributed by atoms with van der Waals surface area (Å²) in [6.07, 6.45) is 0.697. The summed E-state index contributed by atoms with van der Waals surface area (Å²) >= 11 is 0. The Morgan fingerprint density at radius 1 is 1.30 bits per heavy atom. The predicted octanol–water partition coefficient (Wildman–Crippen LogP) is 3.14. The van der Waals surface area contributed by atoms with Crippen molar-refractivity contribution < 1.29 is 8.42 Å². The summed E-state index contributed by atoms with van der Waals surface area (Å²) < 4.78 is 26.8. The van der Waals surface area contributed by atoms with Crippen molar-refractivity contribution in [1.82, 2.24) is 4.31 Å². The summed E-state index contributed by atoms with van der Waals surface area (Å²) in [5.41, 5.74) is 3.10. The van der Waals surface area contributed by atoms with Gasteiger partial charge < -0.3 is 0 Å². The Balaban J connectivity index is 2.28. The molecule has 4 heteroatoms. The highest BCUT2D eigenvalue weighted by Gasteiger charge is 2.31. The van der Waals surface area contributed by atoms with E-state index in [4.69, 9.17) is 0 Å². The summed E-state index contributed by atoms with van der Waals surface area (Å²) in [7, 11) is -3.42. The van der Waals surface area contributed by atoms with E-state index in [1.54, 1.807) is 16.4 Å². The van der Waals surface area contributed by atoms with Crippen LogP contribution in [0.5, 0.6) is 0 Å². The standard InChI is InChI=1S/C16H21NO2S/c1-12(2)16-11-17(10-9-14(16)4)20(18,19)15-7-5-13(3)6-8-15/h5-8,16H,1,4,9-11H2,2-3H3. The second-order valence-corrected chi connectivity index (χ2v) is 7.42. The molecule has 1 saturated heterocycles. The van der Waals surface area contributed by atoms with Gasteiger partial charge in [-0.05, 0) is 32.4 Å². The molecule has 1 atom stereocenters. The van der Waals surface area contributed by atoms with Crippen LogP contribution in [0.3, 0.4) is 0 Å². The van der Waals surface area contributed by atoms with Gasteiger partial charge in [0, 0.05) is 19.0 Å². The van der Waals surface area contributed by atoms with Crippen molar-refractivity contribution in [2.45, 2.75) is 25.2 Å². The second kappa shape index (κ2) is 5.54. The molecular formula is C16H21NO2S. The fraction of sp³-hybridized carbons (Fsp3) is 0.375. The summed E-state index contributed by atoms with van der Waals surface area (Å²) in [5.74, 6) is 0.0592. The molecule has 0 spiro atoms. The molecule has 1 heterocycles. The molecule has 3 nitrogen and oxygen atoms in total. The first kappa shape index (κ1) is 15.0. The van der Waals surface area contributed by atoms with Gasteiger partial charge in [-0.3, -0.25) is 0 Å². The Morgan fingerprint density at radius 2 is 1.90 bits per heavy atom. The van der Waals surface area contributed by atoms with Crippen LogP contribution in [-0.4, -0.2) is 25.8 Å². The zero-order chi connectivity index (χ0) is 14.9. The van der Waals surface area contributed by atoms with Crippen LogP contribution in [-0.2, 0) is 10.0 Å². The van der Waals surface area contributed by atoms with E-state index >= 15 is 0 Å². The van der Waals surface area contributed by atoms with Crippen molar-refractivity contribution in [3.8, 4) is 0 Å². The third-order valence-corrected chi connectivity index (χ3v) is 5.69. The lowest BCUT2D eigenvalue weighted by molar-refractivity contribution is 0.346. The Morgan fingerprint density at radius 3 is 2.45 bits per heavy atom. The predicted molar refractivity (Wildman–Crippen MR) is 82.0 cm³/mol. The van der Waals surface area contributed by atoms with Gasteiger partial charge in [0.15, 0.2) is 0 Å². The average molecular weight is 291 g/mol. The minimum Gasteiger partial charge on any atom is -0.207 e. The van der Waals surface area contributed by atoms with Crippen LogP contribution in [0.2, 0.25) is 0 Å². The molecule has 0 N–H and O–H groups in total. The van der Waals surface area contributed by atoms with Gasteiger partial charge in [0.25, 0.3) is 0 Å². The van der Waals surface area contributed by atoms with E-state index in [-0.39, 0.29) is 5.92 Å². The van der Waals surface area contributed by atoms with Crippen molar-refractivity contribution in [3.63, 3.8) is 0 Å². The van der Waals surface area contributed by atoms with E-state index in [1.165, 1.54) is 0 Å². The fourth-order valence-electron chi connectivity index (χ4n) is 2.45.